The summed E-state index contributed by atoms with van der Waals surface area (Å²) in [6.45, 7) is -0.111. The van der Waals surface area contributed by atoms with Gasteiger partial charge < -0.3 is 10.0 Å². The number of fused-ring (bicyclic) bond motifs is 2. The first-order chi connectivity index (χ1) is 12.6. The predicted octanol–water partition coefficient (Wildman–Crippen LogP) is 2.39. The van der Waals surface area contributed by atoms with Crippen LogP contribution in [0.1, 0.15) is 11.3 Å². The first-order valence-corrected chi connectivity index (χ1v) is 8.20. The summed E-state index contributed by atoms with van der Waals surface area (Å²) in [5, 5.41) is 14.6. The van der Waals surface area contributed by atoms with E-state index in [0.29, 0.717) is 12.2 Å². The molecule has 0 atom stereocenters. The number of nitrogens with zero attached hydrogens (tertiary/aromatic N) is 5. The van der Waals surface area contributed by atoms with Crippen LogP contribution < -0.4 is 4.90 Å². The van der Waals surface area contributed by atoms with Crippen molar-refractivity contribution < 1.29 is 9.90 Å². The SMILES string of the molecule is CN(CC(=O)O)c1ccc2ncc(Cc3ccc4ncccc4c3)n2n1. The smallest absolute Gasteiger partial charge is 0.323 e. The second-order valence-corrected chi connectivity index (χ2v) is 6.17. The predicted molar refractivity (Wildman–Crippen MR) is 98.4 cm³/mol. The Morgan fingerprint density at radius 3 is 2.92 bits per heavy atom. The zero-order chi connectivity index (χ0) is 18.1. The zero-order valence-corrected chi connectivity index (χ0v) is 14.2. The lowest BCUT2D eigenvalue weighted by atomic mass is 10.1. The molecule has 1 aromatic carbocycles. The highest BCUT2D eigenvalue weighted by atomic mass is 16.4. The number of benzene rings is 1. The lowest BCUT2D eigenvalue weighted by Gasteiger charge is -2.15. The number of carboxylic acid groups (broad SMARTS) is 1. The van der Waals surface area contributed by atoms with Gasteiger partial charge in [-0.15, -0.1) is 5.10 Å². The van der Waals surface area contributed by atoms with E-state index in [4.69, 9.17) is 5.11 Å². The van der Waals surface area contributed by atoms with Crippen molar-refractivity contribution in [2.45, 2.75) is 6.42 Å². The van der Waals surface area contributed by atoms with E-state index in [2.05, 4.69) is 27.2 Å². The number of anilines is 1. The van der Waals surface area contributed by atoms with Crippen molar-refractivity contribution >= 4 is 28.3 Å². The lowest BCUT2D eigenvalue weighted by molar-refractivity contribution is -0.135. The van der Waals surface area contributed by atoms with Crippen LogP contribution in [0.2, 0.25) is 0 Å². The van der Waals surface area contributed by atoms with E-state index in [1.54, 1.807) is 34.9 Å². The molecule has 1 N–H and O–H groups in total. The van der Waals surface area contributed by atoms with E-state index in [1.807, 2.05) is 24.3 Å². The number of carbonyl (C=O) groups is 1. The molecule has 0 unspecified atom stereocenters. The molecule has 0 bridgehead atoms. The summed E-state index contributed by atoms with van der Waals surface area (Å²) in [5.41, 5.74) is 3.77. The molecule has 0 aliphatic rings. The normalized spacial score (nSPS) is 11.1. The maximum Gasteiger partial charge on any atom is 0.323 e. The van der Waals surface area contributed by atoms with Crippen LogP contribution >= 0.6 is 0 Å². The first kappa shape index (κ1) is 16.0. The second kappa shape index (κ2) is 6.44. The first-order valence-electron chi connectivity index (χ1n) is 8.20. The minimum absolute atomic E-state index is 0.111. The maximum atomic E-state index is 10.9. The number of aliphatic carboxylic acids is 1. The Morgan fingerprint density at radius 2 is 2.08 bits per heavy atom. The molecular weight excluding hydrogens is 330 g/mol. The van der Waals surface area contributed by atoms with E-state index >= 15 is 0 Å². The molecule has 7 heteroatoms. The highest BCUT2D eigenvalue weighted by Crippen LogP contribution is 2.18. The minimum Gasteiger partial charge on any atom is -0.480 e. The Morgan fingerprint density at radius 1 is 1.19 bits per heavy atom. The van der Waals surface area contributed by atoms with Crippen LogP contribution in [-0.2, 0) is 11.2 Å². The second-order valence-electron chi connectivity index (χ2n) is 6.17. The van der Waals surface area contributed by atoms with Crippen LogP contribution in [0.3, 0.4) is 0 Å². The fourth-order valence-electron chi connectivity index (χ4n) is 2.96. The Labute approximate surface area is 149 Å². The molecule has 0 spiro atoms. The van der Waals surface area contributed by atoms with Crippen LogP contribution in [0.5, 0.6) is 0 Å². The summed E-state index contributed by atoms with van der Waals surface area (Å²) < 4.78 is 1.77. The van der Waals surface area contributed by atoms with E-state index in [9.17, 15) is 4.79 Å². The Kier molecular flexibility index (Phi) is 3.96. The largest absolute Gasteiger partial charge is 0.480 e. The molecule has 0 saturated carbocycles. The van der Waals surface area contributed by atoms with Gasteiger partial charge >= 0.3 is 5.97 Å². The molecule has 130 valence electrons. The molecule has 3 heterocycles. The van der Waals surface area contributed by atoms with Gasteiger partial charge in [0.05, 0.1) is 17.4 Å². The Hall–Kier alpha value is -3.48. The number of hydrogen-bond donors (Lipinski definition) is 1. The summed E-state index contributed by atoms with van der Waals surface area (Å²) in [6, 6.07) is 13.7. The number of pyridine rings is 1. The fraction of sp³-hybridized carbons (Fsp3) is 0.158. The van der Waals surface area contributed by atoms with Gasteiger partial charge in [0.15, 0.2) is 5.65 Å². The number of aromatic nitrogens is 4. The van der Waals surface area contributed by atoms with Crippen LogP contribution in [0.25, 0.3) is 16.6 Å². The van der Waals surface area contributed by atoms with Gasteiger partial charge in [-0.05, 0) is 35.9 Å². The molecule has 7 nitrogen and oxygen atoms in total. The fourth-order valence-corrected chi connectivity index (χ4v) is 2.96. The van der Waals surface area contributed by atoms with Crippen molar-refractivity contribution in [3.63, 3.8) is 0 Å². The molecule has 0 aliphatic carbocycles. The Balaban J connectivity index is 1.68. The summed E-state index contributed by atoms with van der Waals surface area (Å²) in [7, 11) is 1.70. The lowest BCUT2D eigenvalue weighted by Crippen LogP contribution is -2.26. The summed E-state index contributed by atoms with van der Waals surface area (Å²) in [5.74, 6) is -0.313. The highest BCUT2D eigenvalue weighted by molar-refractivity contribution is 5.79. The number of likely N-dealkylation sites (N-methyl/N-ethyl adjacent to an activating group) is 1. The van der Waals surface area contributed by atoms with Gasteiger partial charge in [-0.3, -0.25) is 9.78 Å². The number of hydrogen-bond acceptors (Lipinski definition) is 5. The Bertz CT molecular complexity index is 1110. The zero-order valence-electron chi connectivity index (χ0n) is 14.2. The van der Waals surface area contributed by atoms with Crippen LogP contribution in [0.4, 0.5) is 5.82 Å². The van der Waals surface area contributed by atoms with E-state index in [0.717, 1.165) is 27.8 Å². The van der Waals surface area contributed by atoms with Crippen molar-refractivity contribution in [1.29, 1.82) is 0 Å². The van der Waals surface area contributed by atoms with Crippen molar-refractivity contribution in [2.24, 2.45) is 0 Å². The molecule has 0 amide bonds. The molecule has 0 aliphatic heterocycles. The number of rotatable bonds is 5. The molecule has 0 fully saturated rings. The average molecular weight is 347 g/mol. The van der Waals surface area contributed by atoms with Crippen molar-refractivity contribution in [1.82, 2.24) is 19.6 Å². The van der Waals surface area contributed by atoms with Gasteiger partial charge in [-0.2, -0.15) is 0 Å². The minimum atomic E-state index is -0.898. The summed E-state index contributed by atoms with van der Waals surface area (Å²) in [4.78, 5) is 21.2. The molecule has 4 rings (SSSR count). The average Bonchev–Trinajstić information content (AvgIpc) is 3.03. The van der Waals surface area contributed by atoms with Crippen molar-refractivity contribution in [2.75, 3.05) is 18.5 Å². The standard InChI is InChI=1S/C19H17N5O2/c1-23(12-19(25)26)18-7-6-17-21-11-15(24(17)22-18)10-13-4-5-16-14(9-13)3-2-8-20-16/h2-9,11H,10,12H2,1H3,(H,25,26). The highest BCUT2D eigenvalue weighted by Gasteiger charge is 2.11. The summed E-state index contributed by atoms with van der Waals surface area (Å²) >= 11 is 0. The van der Waals surface area contributed by atoms with Crippen molar-refractivity contribution in [3.8, 4) is 0 Å². The maximum absolute atomic E-state index is 10.9. The number of carboxylic acids is 1. The third-order valence-corrected chi connectivity index (χ3v) is 4.24. The summed E-state index contributed by atoms with van der Waals surface area (Å²) in [6.07, 6.45) is 4.26. The van der Waals surface area contributed by atoms with Gasteiger partial charge in [0, 0.05) is 25.1 Å². The van der Waals surface area contributed by atoms with Gasteiger partial charge in [-0.25, -0.2) is 9.50 Å². The van der Waals surface area contributed by atoms with E-state index < -0.39 is 5.97 Å². The third kappa shape index (κ3) is 3.06. The topological polar surface area (TPSA) is 83.6 Å². The molecule has 0 saturated heterocycles. The van der Waals surface area contributed by atoms with Gasteiger partial charge in [-0.1, -0.05) is 12.1 Å². The van der Waals surface area contributed by atoms with Crippen molar-refractivity contribution in [3.05, 3.63) is 66.1 Å². The molecule has 4 aromatic rings. The molecule has 26 heavy (non-hydrogen) atoms. The van der Waals surface area contributed by atoms with Gasteiger partial charge in [0.25, 0.3) is 0 Å². The van der Waals surface area contributed by atoms with Gasteiger partial charge in [0.1, 0.15) is 12.4 Å². The van der Waals surface area contributed by atoms with Crippen LogP contribution in [0, 0.1) is 0 Å². The van der Waals surface area contributed by atoms with Crippen LogP contribution in [-0.4, -0.2) is 44.3 Å². The molecule has 0 radical (unpaired) electrons. The van der Waals surface area contributed by atoms with E-state index in [-0.39, 0.29) is 6.54 Å². The molecule has 3 aromatic heterocycles. The third-order valence-electron chi connectivity index (χ3n) is 4.24. The van der Waals surface area contributed by atoms with Crippen LogP contribution in [0.15, 0.2) is 54.9 Å². The molecular formula is C19H17N5O2. The van der Waals surface area contributed by atoms with Gasteiger partial charge in [0.2, 0.25) is 0 Å². The monoisotopic (exact) mass is 347 g/mol. The van der Waals surface area contributed by atoms with E-state index in [1.165, 1.54) is 0 Å². The number of imidazole rings is 1. The quantitative estimate of drug-likeness (QED) is 0.597.